The second-order valence-corrected chi connectivity index (χ2v) is 13.7. The number of thiophene rings is 1. The molecule has 6 aromatic carbocycles. The lowest BCUT2D eigenvalue weighted by Crippen LogP contribution is -2.14. The maximum atomic E-state index is 5.11. The Labute approximate surface area is 272 Å². The van der Waals surface area contributed by atoms with Crippen molar-refractivity contribution < 1.29 is 0 Å². The van der Waals surface area contributed by atoms with Crippen LogP contribution in [-0.4, -0.2) is 9.97 Å². The molecule has 1 aliphatic rings. The van der Waals surface area contributed by atoms with E-state index in [2.05, 4.69) is 134 Å². The summed E-state index contributed by atoms with van der Waals surface area (Å²) in [6.45, 7) is 4.69. The molecule has 0 atom stereocenters. The number of rotatable bonds is 4. The fraction of sp³-hybridized carbons (Fsp3) is 0.0698. The first-order chi connectivity index (χ1) is 22.6. The van der Waals surface area contributed by atoms with Gasteiger partial charge in [-0.3, -0.25) is 0 Å². The standard InChI is InChI=1S/C43H30N2S/c1-43(2)37-17-8-6-13-31(37)32-21-19-29(26-38(32)43)36-25-28(30-15-10-16-35-34-14-7-9-18-40(34)46-41(30)35)20-22-33(36)39-23-24-44-42(45-39)27-11-4-3-5-12-27/h3-26H,1-2H3. The minimum Gasteiger partial charge on any atom is -0.237 e. The lowest BCUT2D eigenvalue weighted by Gasteiger charge is -2.22. The highest BCUT2D eigenvalue weighted by molar-refractivity contribution is 7.26. The first-order valence-electron chi connectivity index (χ1n) is 15.7. The summed E-state index contributed by atoms with van der Waals surface area (Å²) >= 11 is 1.87. The third-order valence-electron chi connectivity index (χ3n) is 9.59. The molecule has 2 nitrogen and oxygen atoms in total. The van der Waals surface area contributed by atoms with Gasteiger partial charge in [0.05, 0.1) is 5.69 Å². The maximum absolute atomic E-state index is 5.11. The zero-order valence-corrected chi connectivity index (χ0v) is 26.5. The summed E-state index contributed by atoms with van der Waals surface area (Å²) in [5.74, 6) is 0.730. The van der Waals surface area contributed by atoms with Crippen molar-refractivity contribution in [1.82, 2.24) is 9.97 Å². The van der Waals surface area contributed by atoms with E-state index in [1.54, 1.807) is 0 Å². The van der Waals surface area contributed by atoms with E-state index >= 15 is 0 Å². The van der Waals surface area contributed by atoms with Crippen LogP contribution in [0.1, 0.15) is 25.0 Å². The lowest BCUT2D eigenvalue weighted by molar-refractivity contribution is 0.660. The van der Waals surface area contributed by atoms with Crippen LogP contribution in [0.25, 0.3) is 76.2 Å². The Balaban J connectivity index is 1.27. The van der Waals surface area contributed by atoms with Crippen molar-refractivity contribution in [2.75, 3.05) is 0 Å². The van der Waals surface area contributed by atoms with E-state index in [4.69, 9.17) is 4.98 Å². The van der Waals surface area contributed by atoms with Crippen LogP contribution in [0.15, 0.2) is 146 Å². The van der Waals surface area contributed by atoms with Crippen molar-refractivity contribution in [3.63, 3.8) is 0 Å². The number of nitrogens with zero attached hydrogens (tertiary/aromatic N) is 2. The summed E-state index contributed by atoms with van der Waals surface area (Å²) in [6.07, 6.45) is 1.88. The Morgan fingerprint density at radius 3 is 2.09 bits per heavy atom. The van der Waals surface area contributed by atoms with Gasteiger partial charge in [0.15, 0.2) is 5.82 Å². The highest BCUT2D eigenvalue weighted by Gasteiger charge is 2.35. The van der Waals surface area contributed by atoms with Crippen LogP contribution in [0.2, 0.25) is 0 Å². The van der Waals surface area contributed by atoms with Crippen LogP contribution in [0.4, 0.5) is 0 Å². The molecule has 0 radical (unpaired) electrons. The highest BCUT2D eigenvalue weighted by Crippen LogP contribution is 2.50. The molecule has 218 valence electrons. The predicted molar refractivity (Wildman–Crippen MR) is 194 cm³/mol. The van der Waals surface area contributed by atoms with E-state index < -0.39 is 0 Å². The van der Waals surface area contributed by atoms with Crippen LogP contribution in [-0.2, 0) is 5.41 Å². The zero-order chi connectivity index (χ0) is 30.8. The van der Waals surface area contributed by atoms with Gasteiger partial charge < -0.3 is 0 Å². The van der Waals surface area contributed by atoms with E-state index in [1.807, 2.05) is 41.8 Å². The molecule has 2 aromatic heterocycles. The van der Waals surface area contributed by atoms with Crippen LogP contribution in [0.5, 0.6) is 0 Å². The molecule has 3 heteroatoms. The molecule has 0 saturated carbocycles. The van der Waals surface area contributed by atoms with Crippen LogP contribution in [0, 0.1) is 0 Å². The number of fused-ring (bicyclic) bond motifs is 6. The van der Waals surface area contributed by atoms with Crippen LogP contribution in [0.3, 0.4) is 0 Å². The summed E-state index contributed by atoms with van der Waals surface area (Å²) in [5, 5.41) is 2.63. The van der Waals surface area contributed by atoms with Gasteiger partial charge in [0.1, 0.15) is 0 Å². The van der Waals surface area contributed by atoms with Crippen LogP contribution >= 0.6 is 11.3 Å². The number of aromatic nitrogens is 2. The van der Waals surface area contributed by atoms with E-state index in [9.17, 15) is 0 Å². The minimum atomic E-state index is -0.0855. The second-order valence-electron chi connectivity index (χ2n) is 12.6. The van der Waals surface area contributed by atoms with E-state index in [1.165, 1.54) is 64.7 Å². The van der Waals surface area contributed by atoms with Crippen molar-refractivity contribution in [3.8, 4) is 56.0 Å². The molecule has 0 N–H and O–H groups in total. The summed E-state index contributed by atoms with van der Waals surface area (Å²) in [6, 6.07) is 50.4. The molecule has 0 saturated heterocycles. The molecule has 46 heavy (non-hydrogen) atoms. The van der Waals surface area contributed by atoms with E-state index in [0.29, 0.717) is 0 Å². The lowest BCUT2D eigenvalue weighted by atomic mass is 9.81. The van der Waals surface area contributed by atoms with Gasteiger partial charge in [0.2, 0.25) is 0 Å². The van der Waals surface area contributed by atoms with Crippen molar-refractivity contribution >= 4 is 31.5 Å². The predicted octanol–water partition coefficient (Wildman–Crippen LogP) is 11.8. The average Bonchev–Trinajstić information content (AvgIpc) is 3.61. The zero-order valence-electron chi connectivity index (χ0n) is 25.7. The molecule has 0 bridgehead atoms. The monoisotopic (exact) mass is 606 g/mol. The summed E-state index contributed by atoms with van der Waals surface area (Å²) in [7, 11) is 0. The SMILES string of the molecule is CC1(C)c2ccccc2-c2ccc(-c3cc(-c4cccc5c4sc4ccccc45)ccc3-c3ccnc(-c4ccccc4)n3)cc21. The summed E-state index contributed by atoms with van der Waals surface area (Å²) < 4.78 is 2.64. The number of hydrogen-bond acceptors (Lipinski definition) is 3. The van der Waals surface area contributed by atoms with Crippen molar-refractivity contribution in [1.29, 1.82) is 0 Å². The van der Waals surface area contributed by atoms with Gasteiger partial charge in [-0.05, 0) is 68.8 Å². The fourth-order valence-corrected chi connectivity index (χ4v) is 8.49. The molecule has 9 rings (SSSR count). The number of hydrogen-bond donors (Lipinski definition) is 0. The Bertz CT molecular complexity index is 2450. The van der Waals surface area contributed by atoms with Gasteiger partial charge in [0, 0.05) is 42.9 Å². The Hall–Kier alpha value is -5.38. The van der Waals surface area contributed by atoms with Crippen LogP contribution < -0.4 is 0 Å². The fourth-order valence-electron chi connectivity index (χ4n) is 7.26. The molecule has 0 unspecified atom stereocenters. The molecular weight excluding hydrogens is 577 g/mol. The molecule has 0 amide bonds. The summed E-state index contributed by atoms with van der Waals surface area (Å²) in [5.41, 5.74) is 13.2. The Morgan fingerprint density at radius 2 is 1.20 bits per heavy atom. The summed E-state index contributed by atoms with van der Waals surface area (Å²) in [4.78, 5) is 9.74. The molecule has 0 spiro atoms. The molecule has 0 fully saturated rings. The Kier molecular flexibility index (Phi) is 6.06. The van der Waals surface area contributed by atoms with Crippen molar-refractivity contribution in [2.45, 2.75) is 19.3 Å². The topological polar surface area (TPSA) is 25.8 Å². The molecule has 8 aromatic rings. The van der Waals surface area contributed by atoms with Gasteiger partial charge in [0.25, 0.3) is 0 Å². The molecule has 2 heterocycles. The van der Waals surface area contributed by atoms with Gasteiger partial charge in [-0.1, -0.05) is 129 Å². The first kappa shape index (κ1) is 27.0. The largest absolute Gasteiger partial charge is 0.237 e. The Morgan fingerprint density at radius 1 is 0.500 bits per heavy atom. The van der Waals surface area contributed by atoms with Gasteiger partial charge in [-0.15, -0.1) is 11.3 Å². The molecular formula is C43H30N2S. The minimum absolute atomic E-state index is 0.0855. The smallest absolute Gasteiger partial charge is 0.159 e. The van der Waals surface area contributed by atoms with Crippen molar-refractivity contribution in [2.24, 2.45) is 0 Å². The first-order valence-corrected chi connectivity index (χ1v) is 16.6. The number of benzene rings is 6. The van der Waals surface area contributed by atoms with E-state index in [0.717, 1.165) is 22.6 Å². The third-order valence-corrected chi connectivity index (χ3v) is 10.8. The highest BCUT2D eigenvalue weighted by atomic mass is 32.1. The normalized spacial score (nSPS) is 13.2. The second kappa shape index (κ2) is 10.3. The maximum Gasteiger partial charge on any atom is 0.159 e. The quantitative estimate of drug-likeness (QED) is 0.199. The van der Waals surface area contributed by atoms with Crippen molar-refractivity contribution in [3.05, 3.63) is 157 Å². The van der Waals surface area contributed by atoms with E-state index in [-0.39, 0.29) is 5.41 Å². The van der Waals surface area contributed by atoms with Gasteiger partial charge in [-0.25, -0.2) is 9.97 Å². The molecule has 0 aliphatic heterocycles. The molecule has 1 aliphatic carbocycles. The van der Waals surface area contributed by atoms with Gasteiger partial charge >= 0.3 is 0 Å². The van der Waals surface area contributed by atoms with Gasteiger partial charge in [-0.2, -0.15) is 0 Å². The third kappa shape index (κ3) is 4.16. The average molecular weight is 607 g/mol.